The van der Waals surface area contributed by atoms with E-state index in [-0.39, 0.29) is 26.4 Å². The second kappa shape index (κ2) is 13.7. The number of alkyl halides is 3. The number of aliphatic hydroxyl groups is 1. The van der Waals surface area contributed by atoms with Crippen molar-refractivity contribution in [1.29, 1.82) is 0 Å². The van der Waals surface area contributed by atoms with Gasteiger partial charge < -0.3 is 24.1 Å². The molecule has 4 rings (SSSR count). The van der Waals surface area contributed by atoms with Crippen LogP contribution < -0.4 is 0 Å². The van der Waals surface area contributed by atoms with Crippen molar-refractivity contribution in [3.8, 4) is 0 Å². The number of halogens is 3. The molecule has 3 aromatic rings. The minimum absolute atomic E-state index is 0.00984. The van der Waals surface area contributed by atoms with Crippen LogP contribution in [0.3, 0.4) is 0 Å². The van der Waals surface area contributed by atoms with Gasteiger partial charge in [-0.25, -0.2) is 0 Å². The highest BCUT2D eigenvalue weighted by molar-refractivity contribution is 7.87. The van der Waals surface area contributed by atoms with E-state index in [1.54, 1.807) is 60.7 Å². The van der Waals surface area contributed by atoms with Crippen LogP contribution in [0.1, 0.15) is 16.7 Å². The smallest absolute Gasteiger partial charge is 0.374 e. The molecule has 0 spiro atoms. The number of rotatable bonds is 12. The quantitative estimate of drug-likeness (QED) is 0.249. The predicted molar refractivity (Wildman–Crippen MR) is 137 cm³/mol. The lowest BCUT2D eigenvalue weighted by atomic mass is 9.98. The van der Waals surface area contributed by atoms with Gasteiger partial charge in [0.25, 0.3) is 0 Å². The molecular weight excluding hydrogens is 553 g/mol. The summed E-state index contributed by atoms with van der Waals surface area (Å²) in [6.45, 7) is -0.105. The fraction of sp³-hybridized carbons (Fsp3) is 0.357. The highest BCUT2D eigenvalue weighted by Gasteiger charge is 2.55. The lowest BCUT2D eigenvalue weighted by Crippen LogP contribution is -2.62. The second-order valence-electron chi connectivity index (χ2n) is 9.05. The van der Waals surface area contributed by atoms with Gasteiger partial charge in [0.15, 0.2) is 12.4 Å². The Balaban J connectivity index is 1.61. The van der Waals surface area contributed by atoms with E-state index < -0.39 is 46.3 Å². The van der Waals surface area contributed by atoms with Gasteiger partial charge in [-0.05, 0) is 16.7 Å². The molecule has 1 heterocycles. The van der Waals surface area contributed by atoms with Gasteiger partial charge in [-0.15, -0.1) is 0 Å². The first kappa shape index (κ1) is 30.1. The van der Waals surface area contributed by atoms with Crippen molar-refractivity contribution in [3.63, 3.8) is 0 Å². The lowest BCUT2D eigenvalue weighted by molar-refractivity contribution is -0.302. The van der Waals surface area contributed by atoms with Gasteiger partial charge in [-0.1, -0.05) is 91.0 Å². The Morgan fingerprint density at radius 2 is 1.15 bits per heavy atom. The molecule has 0 aromatic heterocycles. The predicted octanol–water partition coefficient (Wildman–Crippen LogP) is 4.33. The van der Waals surface area contributed by atoms with Crippen LogP contribution in [0, 0.1) is 0 Å². The van der Waals surface area contributed by atoms with Crippen molar-refractivity contribution in [1.82, 2.24) is 0 Å². The largest absolute Gasteiger partial charge is 0.523 e. The van der Waals surface area contributed by atoms with E-state index in [1.165, 1.54) is 0 Å². The van der Waals surface area contributed by atoms with Crippen molar-refractivity contribution >= 4 is 10.1 Å². The number of aliphatic hydroxyl groups excluding tert-OH is 1. The molecule has 2 unspecified atom stereocenters. The van der Waals surface area contributed by atoms with Gasteiger partial charge in [0.05, 0.1) is 26.4 Å². The van der Waals surface area contributed by atoms with E-state index in [1.807, 2.05) is 30.3 Å². The molecule has 5 atom stereocenters. The summed E-state index contributed by atoms with van der Waals surface area (Å²) < 4.78 is 91.4. The Labute approximate surface area is 230 Å². The van der Waals surface area contributed by atoms with Crippen LogP contribution >= 0.6 is 0 Å². The van der Waals surface area contributed by atoms with Crippen LogP contribution in [-0.4, -0.2) is 56.3 Å². The summed E-state index contributed by atoms with van der Waals surface area (Å²) in [6.07, 6.45) is -7.90. The minimum atomic E-state index is -6.11. The van der Waals surface area contributed by atoms with E-state index in [9.17, 15) is 26.7 Å². The standard InChI is InChI=1S/C28H29F3O8S/c29-28(30,31)40(33,34)39-26-25(37-18-22-14-8-3-9-15-22)24(36-17-21-12-6-2-7-13-21)23(38-27(26)32)19-35-16-20-10-4-1-5-11-20/h1-15,23-27,32H,16-19H2/t23?,24-,25?,26-,27+/m0/s1. The molecular formula is C28H29F3O8S. The molecule has 3 aromatic carbocycles. The molecule has 1 aliphatic rings. The zero-order chi connectivity index (χ0) is 28.6. The van der Waals surface area contributed by atoms with E-state index in [4.69, 9.17) is 18.9 Å². The van der Waals surface area contributed by atoms with Gasteiger partial charge in [0.2, 0.25) is 0 Å². The maximum Gasteiger partial charge on any atom is 0.523 e. The summed E-state index contributed by atoms with van der Waals surface area (Å²) in [5.74, 6) is 0. The van der Waals surface area contributed by atoms with E-state index >= 15 is 0 Å². The summed E-state index contributed by atoms with van der Waals surface area (Å²) in [5.41, 5.74) is -3.48. The molecule has 1 saturated heterocycles. The van der Waals surface area contributed by atoms with Gasteiger partial charge in [0, 0.05) is 0 Å². The Morgan fingerprint density at radius 3 is 1.62 bits per heavy atom. The average Bonchev–Trinajstić information content (AvgIpc) is 2.94. The minimum Gasteiger partial charge on any atom is -0.374 e. The highest BCUT2D eigenvalue weighted by Crippen LogP contribution is 2.34. The van der Waals surface area contributed by atoms with E-state index in [2.05, 4.69) is 4.18 Å². The van der Waals surface area contributed by atoms with Crippen LogP contribution in [0.4, 0.5) is 13.2 Å². The molecule has 40 heavy (non-hydrogen) atoms. The first-order valence-electron chi connectivity index (χ1n) is 12.4. The monoisotopic (exact) mass is 582 g/mol. The van der Waals surface area contributed by atoms with E-state index in [0.717, 1.165) is 11.1 Å². The molecule has 1 aliphatic heterocycles. The molecule has 216 valence electrons. The average molecular weight is 583 g/mol. The molecule has 1 fully saturated rings. The fourth-order valence-electron chi connectivity index (χ4n) is 4.12. The van der Waals surface area contributed by atoms with Gasteiger partial charge in [0.1, 0.15) is 18.3 Å². The first-order chi connectivity index (χ1) is 19.1. The van der Waals surface area contributed by atoms with Crippen molar-refractivity contribution in [2.24, 2.45) is 0 Å². The molecule has 0 amide bonds. The van der Waals surface area contributed by atoms with Crippen molar-refractivity contribution in [2.75, 3.05) is 6.61 Å². The summed E-state index contributed by atoms with van der Waals surface area (Å²) in [7, 11) is -6.11. The van der Waals surface area contributed by atoms with Crippen LogP contribution in [0.2, 0.25) is 0 Å². The third kappa shape index (κ3) is 8.10. The SMILES string of the molecule is O=S(=O)(O[C@H]1C(OCc2ccccc2)[C@@H](OCc2ccccc2)C(COCc2ccccc2)O[C@H]1O)C(F)(F)F. The number of ether oxygens (including phenoxy) is 4. The number of benzene rings is 3. The zero-order valence-electron chi connectivity index (χ0n) is 21.2. The maximum absolute atomic E-state index is 13.2. The number of hydrogen-bond donors (Lipinski definition) is 1. The summed E-state index contributed by atoms with van der Waals surface area (Å²) in [4.78, 5) is 0. The molecule has 1 N–H and O–H groups in total. The molecule has 8 nitrogen and oxygen atoms in total. The summed E-state index contributed by atoms with van der Waals surface area (Å²) in [5, 5.41) is 10.7. The van der Waals surface area contributed by atoms with Gasteiger partial charge in [-0.3, -0.25) is 4.18 Å². The summed E-state index contributed by atoms with van der Waals surface area (Å²) in [6, 6.07) is 26.8. The first-order valence-corrected chi connectivity index (χ1v) is 13.8. The van der Waals surface area contributed by atoms with Crippen molar-refractivity contribution < 1.29 is 49.8 Å². The topological polar surface area (TPSA) is 101 Å². The normalized spacial score (nSPS) is 23.6. The third-order valence-corrected chi connectivity index (χ3v) is 7.14. The Morgan fingerprint density at radius 1 is 0.700 bits per heavy atom. The molecule has 12 heteroatoms. The maximum atomic E-state index is 13.2. The van der Waals surface area contributed by atoms with Crippen molar-refractivity contribution in [3.05, 3.63) is 108 Å². The van der Waals surface area contributed by atoms with Crippen LogP contribution in [0.5, 0.6) is 0 Å². The molecule has 0 saturated carbocycles. The van der Waals surface area contributed by atoms with E-state index in [0.29, 0.717) is 5.56 Å². The third-order valence-electron chi connectivity index (χ3n) is 6.09. The van der Waals surface area contributed by atoms with Gasteiger partial charge in [-0.2, -0.15) is 21.6 Å². The molecule has 0 radical (unpaired) electrons. The Bertz CT molecular complexity index is 1280. The highest BCUT2D eigenvalue weighted by atomic mass is 32.2. The summed E-state index contributed by atoms with van der Waals surface area (Å²) >= 11 is 0. The van der Waals surface area contributed by atoms with Crippen molar-refractivity contribution in [2.45, 2.75) is 56.0 Å². The van der Waals surface area contributed by atoms with Crippen LogP contribution in [-0.2, 0) is 53.1 Å². The Hall–Kier alpha value is -2.84. The van der Waals surface area contributed by atoms with Gasteiger partial charge >= 0.3 is 15.6 Å². The second-order valence-corrected chi connectivity index (χ2v) is 10.6. The van der Waals surface area contributed by atoms with Crippen LogP contribution in [0.25, 0.3) is 0 Å². The lowest BCUT2D eigenvalue weighted by Gasteiger charge is -2.44. The number of hydrogen-bond acceptors (Lipinski definition) is 8. The molecule has 0 bridgehead atoms. The zero-order valence-corrected chi connectivity index (χ0v) is 22.0. The molecule has 0 aliphatic carbocycles. The Kier molecular flexibility index (Phi) is 10.3. The van der Waals surface area contributed by atoms with Crippen LogP contribution in [0.15, 0.2) is 91.0 Å². The fourth-order valence-corrected chi connectivity index (χ4v) is 4.73.